The summed E-state index contributed by atoms with van der Waals surface area (Å²) >= 11 is 13.8. The van der Waals surface area contributed by atoms with E-state index in [1.165, 1.54) is 10.4 Å². The van der Waals surface area contributed by atoms with Crippen molar-refractivity contribution in [3.8, 4) is 0 Å². The molecule has 1 aliphatic rings. The molecule has 0 fully saturated rings. The Balaban J connectivity index is 1.67. The van der Waals surface area contributed by atoms with Crippen molar-refractivity contribution in [1.29, 1.82) is 0 Å². The van der Waals surface area contributed by atoms with E-state index in [0.717, 1.165) is 12.0 Å². The summed E-state index contributed by atoms with van der Waals surface area (Å²) in [7, 11) is 0. The molecule has 3 aromatic rings. The van der Waals surface area contributed by atoms with Crippen LogP contribution in [0.1, 0.15) is 22.0 Å². The highest BCUT2D eigenvalue weighted by Crippen LogP contribution is 2.38. The molecule has 1 N–H and O–H groups in total. The monoisotopic (exact) mass is 403 g/mol. The number of carbonyl (C=O) groups is 1. The number of nitrogens with zero attached hydrogens (tertiary/aromatic N) is 2. The van der Waals surface area contributed by atoms with E-state index in [4.69, 9.17) is 23.2 Å². The zero-order chi connectivity index (χ0) is 18.1. The number of fused-ring (bicyclic) bond motifs is 1. The van der Waals surface area contributed by atoms with Crippen LogP contribution in [0.15, 0.2) is 54.2 Å². The Morgan fingerprint density at radius 1 is 1.15 bits per heavy atom. The molecule has 0 aliphatic carbocycles. The van der Waals surface area contributed by atoms with E-state index < -0.39 is 0 Å². The number of hydrogen-bond acceptors (Lipinski definition) is 3. The first-order valence-corrected chi connectivity index (χ1v) is 9.75. The average Bonchev–Trinajstić information content (AvgIpc) is 3.09. The van der Waals surface area contributed by atoms with Crippen LogP contribution in [-0.4, -0.2) is 22.5 Å². The summed E-state index contributed by atoms with van der Waals surface area (Å²) in [6.45, 7) is 0.640. The molecule has 7 heteroatoms. The number of pyridine rings is 1. The maximum absolute atomic E-state index is 13.0. The molecule has 0 bridgehead atoms. The molecule has 0 saturated carbocycles. The Morgan fingerprint density at radius 2 is 1.88 bits per heavy atom. The van der Waals surface area contributed by atoms with Crippen molar-refractivity contribution in [3.05, 3.63) is 80.2 Å². The largest absolute Gasteiger partial charge is 0.322 e. The number of halogens is 2. The Morgan fingerprint density at radius 3 is 2.62 bits per heavy atom. The second-order valence-electron chi connectivity index (χ2n) is 6.01. The topological polar surface area (TPSA) is 45.2 Å². The lowest BCUT2D eigenvalue weighted by molar-refractivity contribution is 0.194. The van der Waals surface area contributed by atoms with Crippen LogP contribution in [0.25, 0.3) is 0 Å². The van der Waals surface area contributed by atoms with Crippen LogP contribution in [0.2, 0.25) is 10.0 Å². The van der Waals surface area contributed by atoms with Crippen LogP contribution in [0, 0.1) is 0 Å². The maximum Gasteiger partial charge on any atom is 0.322 e. The molecule has 2 amide bonds. The molecule has 0 spiro atoms. The molecular formula is C19H15Cl2N3OS. The smallest absolute Gasteiger partial charge is 0.313 e. The molecule has 3 heterocycles. The molecule has 1 atom stereocenters. The Bertz CT molecular complexity index is 925. The van der Waals surface area contributed by atoms with Gasteiger partial charge in [0.05, 0.1) is 6.04 Å². The maximum atomic E-state index is 13.0. The van der Waals surface area contributed by atoms with E-state index in [1.807, 2.05) is 17.0 Å². The number of nitrogens with one attached hydrogen (secondary N) is 1. The van der Waals surface area contributed by atoms with Crippen molar-refractivity contribution in [2.45, 2.75) is 12.5 Å². The first-order valence-electron chi connectivity index (χ1n) is 8.12. The molecule has 1 unspecified atom stereocenters. The number of hydrogen-bond donors (Lipinski definition) is 1. The van der Waals surface area contributed by atoms with Gasteiger partial charge in [-0.1, -0.05) is 23.2 Å². The average molecular weight is 404 g/mol. The summed E-state index contributed by atoms with van der Waals surface area (Å²) in [6.07, 6.45) is 4.35. The fourth-order valence-electron chi connectivity index (χ4n) is 3.26. The van der Waals surface area contributed by atoms with Crippen molar-refractivity contribution in [3.63, 3.8) is 0 Å². The second kappa shape index (κ2) is 7.27. The van der Waals surface area contributed by atoms with E-state index in [2.05, 4.69) is 21.7 Å². The van der Waals surface area contributed by atoms with Crippen molar-refractivity contribution in [2.75, 3.05) is 11.9 Å². The van der Waals surface area contributed by atoms with Gasteiger partial charge in [-0.2, -0.15) is 0 Å². The lowest BCUT2D eigenvalue weighted by Gasteiger charge is -2.36. The zero-order valence-corrected chi connectivity index (χ0v) is 16.0. The molecule has 1 aliphatic heterocycles. The summed E-state index contributed by atoms with van der Waals surface area (Å²) in [5.41, 5.74) is 2.79. The number of aromatic nitrogens is 1. The SMILES string of the molecule is O=C(Nc1cc(Cl)cc(Cl)c1)N1CCc2sccc2C1c1ccncc1. The number of amides is 2. The highest BCUT2D eigenvalue weighted by molar-refractivity contribution is 7.10. The molecule has 1 aromatic carbocycles. The van der Waals surface area contributed by atoms with Gasteiger partial charge in [0.1, 0.15) is 0 Å². The molecule has 0 saturated heterocycles. The first kappa shape index (κ1) is 17.3. The molecule has 2 aromatic heterocycles. The number of urea groups is 1. The summed E-state index contributed by atoms with van der Waals surface area (Å²) in [6, 6.07) is 10.7. The van der Waals surface area contributed by atoms with E-state index in [1.54, 1.807) is 41.9 Å². The summed E-state index contributed by atoms with van der Waals surface area (Å²) in [5, 5.41) is 5.97. The number of anilines is 1. The quantitative estimate of drug-likeness (QED) is 0.602. The van der Waals surface area contributed by atoms with Crippen molar-refractivity contribution in [1.82, 2.24) is 9.88 Å². The van der Waals surface area contributed by atoms with E-state index in [0.29, 0.717) is 22.3 Å². The Labute approximate surface area is 165 Å². The molecule has 4 nitrogen and oxygen atoms in total. The van der Waals surface area contributed by atoms with Crippen LogP contribution in [0.4, 0.5) is 10.5 Å². The van der Waals surface area contributed by atoms with Gasteiger partial charge in [-0.05, 0) is 59.3 Å². The summed E-state index contributed by atoms with van der Waals surface area (Å²) in [5.74, 6) is 0. The summed E-state index contributed by atoms with van der Waals surface area (Å²) in [4.78, 5) is 20.3. The predicted molar refractivity (Wildman–Crippen MR) is 106 cm³/mol. The lowest BCUT2D eigenvalue weighted by atomic mass is 9.94. The van der Waals surface area contributed by atoms with Crippen LogP contribution < -0.4 is 5.32 Å². The van der Waals surface area contributed by atoms with Crippen LogP contribution in [0.3, 0.4) is 0 Å². The second-order valence-corrected chi connectivity index (χ2v) is 7.89. The number of benzene rings is 1. The molecule has 0 radical (unpaired) electrons. The van der Waals surface area contributed by atoms with Gasteiger partial charge >= 0.3 is 6.03 Å². The Hall–Kier alpha value is -2.08. The van der Waals surface area contributed by atoms with Gasteiger partial charge in [0.25, 0.3) is 0 Å². The minimum atomic E-state index is -0.179. The highest BCUT2D eigenvalue weighted by Gasteiger charge is 2.32. The molecule has 26 heavy (non-hydrogen) atoms. The number of thiophene rings is 1. The normalized spacial score (nSPS) is 16.2. The van der Waals surface area contributed by atoms with Gasteiger partial charge in [-0.25, -0.2) is 4.79 Å². The van der Waals surface area contributed by atoms with Gasteiger partial charge in [0, 0.05) is 39.5 Å². The van der Waals surface area contributed by atoms with Crippen molar-refractivity contribution in [2.24, 2.45) is 0 Å². The molecule has 132 valence electrons. The van der Waals surface area contributed by atoms with Crippen LogP contribution >= 0.6 is 34.5 Å². The van der Waals surface area contributed by atoms with E-state index in [9.17, 15) is 4.79 Å². The third-order valence-electron chi connectivity index (χ3n) is 4.36. The van der Waals surface area contributed by atoms with Crippen LogP contribution in [-0.2, 0) is 6.42 Å². The first-order chi connectivity index (χ1) is 12.6. The minimum Gasteiger partial charge on any atom is -0.313 e. The summed E-state index contributed by atoms with van der Waals surface area (Å²) < 4.78 is 0. The highest BCUT2D eigenvalue weighted by atomic mass is 35.5. The van der Waals surface area contributed by atoms with Crippen LogP contribution in [0.5, 0.6) is 0 Å². The third-order valence-corrected chi connectivity index (χ3v) is 5.80. The fraction of sp³-hybridized carbons (Fsp3) is 0.158. The fourth-order valence-corrected chi connectivity index (χ4v) is 4.69. The zero-order valence-electron chi connectivity index (χ0n) is 13.7. The van der Waals surface area contributed by atoms with Gasteiger partial charge in [-0.3, -0.25) is 4.98 Å². The molecule has 4 rings (SSSR count). The van der Waals surface area contributed by atoms with E-state index in [-0.39, 0.29) is 12.1 Å². The number of carbonyl (C=O) groups excluding carboxylic acids is 1. The predicted octanol–water partition coefficient (Wildman–Crippen LogP) is 5.63. The van der Waals surface area contributed by atoms with Gasteiger partial charge in [0.2, 0.25) is 0 Å². The standard InChI is InChI=1S/C19H15Cl2N3OS/c20-13-9-14(21)11-15(10-13)23-19(25)24-7-3-17-16(4-8-26-17)18(24)12-1-5-22-6-2-12/h1-2,4-6,8-11,18H,3,7H2,(H,23,25). The minimum absolute atomic E-state index is 0.136. The van der Waals surface area contributed by atoms with Gasteiger partial charge in [-0.15, -0.1) is 11.3 Å². The third kappa shape index (κ3) is 3.43. The van der Waals surface area contributed by atoms with E-state index >= 15 is 0 Å². The van der Waals surface area contributed by atoms with Gasteiger partial charge in [0.15, 0.2) is 0 Å². The Kier molecular flexibility index (Phi) is 4.85. The van der Waals surface area contributed by atoms with Gasteiger partial charge < -0.3 is 10.2 Å². The number of rotatable bonds is 2. The lowest BCUT2D eigenvalue weighted by Crippen LogP contribution is -2.42. The van der Waals surface area contributed by atoms with Crippen molar-refractivity contribution < 1.29 is 4.79 Å². The van der Waals surface area contributed by atoms with Crippen molar-refractivity contribution >= 4 is 46.3 Å². The molecular weight excluding hydrogens is 389 g/mol.